The van der Waals surface area contributed by atoms with Gasteiger partial charge in [0, 0.05) is 24.3 Å². The molecule has 0 aliphatic carbocycles. The van der Waals surface area contributed by atoms with Crippen molar-refractivity contribution >= 4 is 52.9 Å². The number of primary amides is 1. The lowest BCUT2D eigenvalue weighted by Crippen LogP contribution is -2.61. The van der Waals surface area contributed by atoms with Crippen LogP contribution in [0.5, 0.6) is 0 Å². The van der Waals surface area contributed by atoms with E-state index < -0.39 is 78.0 Å². The lowest BCUT2D eigenvalue weighted by molar-refractivity contribution is -0.146. The van der Waals surface area contributed by atoms with E-state index in [4.69, 9.17) is 5.73 Å². The summed E-state index contributed by atoms with van der Waals surface area (Å²) < 4.78 is 0. The molecule has 0 saturated heterocycles. The minimum atomic E-state index is -1.59. The Morgan fingerprint density at radius 1 is 0.825 bits per heavy atom. The fourth-order valence-electron chi connectivity index (χ4n) is 6.59. The topological polar surface area (TPSA) is 229 Å². The van der Waals surface area contributed by atoms with Crippen molar-refractivity contribution in [2.45, 2.75) is 103 Å². The second-order valence-corrected chi connectivity index (χ2v) is 14.4. The summed E-state index contributed by atoms with van der Waals surface area (Å²) in [5.41, 5.74) is 10.1. The number of carboxylic acids is 1. The lowest BCUT2D eigenvalue weighted by atomic mass is 9.90. The number of fused-ring (bicyclic) bond motifs is 1. The number of aryl methyl sites for hydroxylation is 1. The van der Waals surface area contributed by atoms with Crippen molar-refractivity contribution in [3.8, 4) is 0 Å². The van der Waals surface area contributed by atoms with Crippen LogP contribution in [0.3, 0.4) is 0 Å². The smallest absolute Gasteiger partial charge is 0.323 e. The summed E-state index contributed by atoms with van der Waals surface area (Å²) in [5.74, 6) is -5.22. The van der Waals surface area contributed by atoms with Crippen LogP contribution < -0.4 is 32.3 Å². The molecule has 0 saturated carbocycles. The minimum absolute atomic E-state index is 0.0895. The van der Waals surface area contributed by atoms with Gasteiger partial charge in [0.2, 0.25) is 29.5 Å². The molecule has 1 aliphatic heterocycles. The molecule has 8 N–H and O–H groups in total. The average Bonchev–Trinajstić information content (AvgIpc) is 3.18. The molecule has 1 heterocycles. The highest BCUT2D eigenvalue weighted by molar-refractivity contribution is 6.00. The lowest BCUT2D eigenvalue weighted by Gasteiger charge is -2.38. The molecule has 304 valence electrons. The monoisotopic (exact) mass is 783 g/mol. The number of rotatable bonds is 18. The number of urea groups is 1. The number of benzene rings is 3. The number of carboxylic acid groups (broad SMARTS) is 1. The van der Waals surface area contributed by atoms with Gasteiger partial charge in [-0.1, -0.05) is 94.6 Å². The predicted molar refractivity (Wildman–Crippen MR) is 215 cm³/mol. The van der Waals surface area contributed by atoms with Crippen molar-refractivity contribution in [1.29, 1.82) is 0 Å². The summed E-state index contributed by atoms with van der Waals surface area (Å²) in [7, 11) is 0. The number of hydrogen-bond acceptors (Lipinski definition) is 7. The number of nitrogens with zero attached hydrogens (tertiary/aromatic N) is 1. The first kappa shape index (κ1) is 43.5. The minimum Gasteiger partial charge on any atom is -0.481 e. The zero-order chi connectivity index (χ0) is 41.6. The van der Waals surface area contributed by atoms with Crippen molar-refractivity contribution in [3.63, 3.8) is 0 Å². The van der Waals surface area contributed by atoms with Crippen molar-refractivity contribution < 1.29 is 38.7 Å². The standard InChI is InChI=1S/C42H53N7O8/c1-5-7-15-32(45-35(50)21-27-17-19-30(20-18-27)44-42(57)47-31-16-11-8-12-26(31)4)39(54)46-33(23-36(51)52)40(55)48-37(25(3)6-2)41(56)49-24-29-14-10-9-13-28(29)22-34(49)38(43)53/h8-14,16-20,25,32-34,37H,5-7,15,21-24H2,1-4H3,(H2,43,53)(H,45,50)(H,46,54)(H,48,55)(H,51,52)(H2,44,47,57)/t25?,32-,33-,34+,37-/m0/s1. The molecule has 3 aromatic carbocycles. The van der Waals surface area contributed by atoms with Crippen molar-refractivity contribution in [1.82, 2.24) is 20.9 Å². The molecule has 0 spiro atoms. The van der Waals surface area contributed by atoms with Crippen LogP contribution in [0.4, 0.5) is 16.2 Å². The van der Waals surface area contributed by atoms with E-state index in [0.717, 1.165) is 16.7 Å². The number of carbonyl (C=O) groups excluding carboxylic acids is 6. The molecule has 15 nitrogen and oxygen atoms in total. The number of anilines is 2. The van der Waals surface area contributed by atoms with E-state index in [-0.39, 0.29) is 25.8 Å². The predicted octanol–water partition coefficient (Wildman–Crippen LogP) is 3.79. The van der Waals surface area contributed by atoms with E-state index in [1.54, 1.807) is 37.3 Å². The van der Waals surface area contributed by atoms with Crippen LogP contribution in [0.25, 0.3) is 0 Å². The van der Waals surface area contributed by atoms with Crippen LogP contribution in [-0.2, 0) is 48.2 Å². The van der Waals surface area contributed by atoms with Crippen molar-refractivity contribution in [3.05, 3.63) is 95.1 Å². The van der Waals surface area contributed by atoms with Crippen LogP contribution in [0.2, 0.25) is 0 Å². The Kier molecular flexibility index (Phi) is 15.7. The molecule has 4 rings (SSSR count). The van der Waals surface area contributed by atoms with Crippen LogP contribution in [0.15, 0.2) is 72.8 Å². The summed E-state index contributed by atoms with van der Waals surface area (Å²) in [6.07, 6.45) is 1.21. The first-order chi connectivity index (χ1) is 27.2. The summed E-state index contributed by atoms with van der Waals surface area (Å²) >= 11 is 0. The zero-order valence-corrected chi connectivity index (χ0v) is 32.8. The fraction of sp³-hybridized carbons (Fsp3) is 0.405. The first-order valence-electron chi connectivity index (χ1n) is 19.2. The van der Waals surface area contributed by atoms with E-state index in [1.165, 1.54) is 4.90 Å². The third kappa shape index (κ3) is 12.4. The van der Waals surface area contributed by atoms with Gasteiger partial charge in [-0.25, -0.2) is 4.79 Å². The molecule has 5 atom stereocenters. The molecular weight excluding hydrogens is 731 g/mol. The summed E-state index contributed by atoms with van der Waals surface area (Å²) in [6.45, 7) is 7.44. The molecule has 0 bridgehead atoms. The van der Waals surface area contributed by atoms with Crippen LogP contribution in [0, 0.1) is 12.8 Å². The number of aliphatic carboxylic acids is 1. The van der Waals surface area contributed by atoms with Crippen LogP contribution in [-0.4, -0.2) is 75.7 Å². The van der Waals surface area contributed by atoms with Gasteiger partial charge in [0.15, 0.2) is 0 Å². The molecular formula is C42H53N7O8. The molecule has 0 aromatic heterocycles. The number of hydrogen-bond donors (Lipinski definition) is 7. The van der Waals surface area contributed by atoms with Crippen LogP contribution in [0.1, 0.15) is 75.1 Å². The number of carbonyl (C=O) groups is 7. The molecule has 1 aliphatic rings. The Morgan fingerprint density at radius 2 is 1.47 bits per heavy atom. The number of unbranched alkanes of at least 4 members (excludes halogenated alkanes) is 1. The van der Waals surface area contributed by atoms with Crippen LogP contribution >= 0.6 is 0 Å². The molecule has 57 heavy (non-hydrogen) atoms. The van der Waals surface area contributed by atoms with Gasteiger partial charge in [-0.05, 0) is 59.7 Å². The molecule has 3 aromatic rings. The van der Waals surface area contributed by atoms with E-state index in [1.807, 2.05) is 63.2 Å². The molecule has 0 fully saturated rings. The highest BCUT2D eigenvalue weighted by atomic mass is 16.4. The third-order valence-electron chi connectivity index (χ3n) is 10.1. The third-order valence-corrected chi connectivity index (χ3v) is 10.1. The first-order valence-corrected chi connectivity index (χ1v) is 19.2. The number of para-hydroxylation sites is 1. The molecule has 0 radical (unpaired) electrons. The van der Waals surface area contributed by atoms with Gasteiger partial charge in [0.05, 0.1) is 12.8 Å². The molecule has 15 heteroatoms. The summed E-state index contributed by atoms with van der Waals surface area (Å²) in [4.78, 5) is 93.0. The van der Waals surface area contributed by atoms with Gasteiger partial charge < -0.3 is 42.3 Å². The Morgan fingerprint density at radius 3 is 2.11 bits per heavy atom. The number of nitrogens with one attached hydrogen (secondary N) is 5. The Balaban J connectivity index is 1.42. The van der Waals surface area contributed by atoms with E-state index in [0.29, 0.717) is 36.2 Å². The van der Waals surface area contributed by atoms with Gasteiger partial charge in [-0.15, -0.1) is 0 Å². The fourth-order valence-corrected chi connectivity index (χ4v) is 6.59. The number of nitrogens with two attached hydrogens (primary N) is 1. The average molecular weight is 784 g/mol. The Bertz CT molecular complexity index is 1930. The summed E-state index contributed by atoms with van der Waals surface area (Å²) in [5, 5.41) is 23.1. The van der Waals surface area contributed by atoms with Gasteiger partial charge in [0.25, 0.3) is 0 Å². The maximum Gasteiger partial charge on any atom is 0.323 e. The van der Waals surface area contributed by atoms with Gasteiger partial charge in [-0.3, -0.25) is 28.8 Å². The van der Waals surface area contributed by atoms with Gasteiger partial charge >= 0.3 is 12.0 Å². The van der Waals surface area contributed by atoms with Crippen molar-refractivity contribution in [2.24, 2.45) is 11.7 Å². The highest BCUT2D eigenvalue weighted by Gasteiger charge is 2.40. The largest absolute Gasteiger partial charge is 0.481 e. The zero-order valence-electron chi connectivity index (χ0n) is 32.8. The van der Waals surface area contributed by atoms with Gasteiger partial charge in [0.1, 0.15) is 24.2 Å². The maximum absolute atomic E-state index is 14.1. The molecule has 7 amide bonds. The quantitative estimate of drug-likeness (QED) is 0.100. The van der Waals surface area contributed by atoms with Crippen molar-refractivity contribution in [2.75, 3.05) is 10.6 Å². The summed E-state index contributed by atoms with van der Waals surface area (Å²) in [6, 6.07) is 16.1. The number of amides is 7. The van der Waals surface area contributed by atoms with E-state index in [2.05, 4.69) is 26.6 Å². The maximum atomic E-state index is 14.1. The second kappa shape index (κ2) is 20.6. The SMILES string of the molecule is CCCC[C@H](NC(=O)Cc1ccc(NC(=O)Nc2ccccc2C)cc1)C(=O)N[C@@H](CC(=O)O)C(=O)N[C@H](C(=O)N1Cc2ccccc2C[C@@H]1C(N)=O)C(C)CC. The second-order valence-electron chi connectivity index (χ2n) is 14.4. The molecule has 1 unspecified atom stereocenters. The highest BCUT2D eigenvalue weighted by Crippen LogP contribution is 2.26. The van der Waals surface area contributed by atoms with E-state index in [9.17, 15) is 38.7 Å². The van der Waals surface area contributed by atoms with Gasteiger partial charge in [-0.2, -0.15) is 0 Å². The Labute approximate surface area is 332 Å². The van der Waals surface area contributed by atoms with E-state index >= 15 is 0 Å². The Hall–Kier alpha value is -6.25. The normalized spacial score (nSPS) is 15.4.